The van der Waals surface area contributed by atoms with Crippen molar-refractivity contribution in [3.8, 4) is 5.75 Å². The summed E-state index contributed by atoms with van der Waals surface area (Å²) in [5.74, 6) is -18.4. The first-order valence-corrected chi connectivity index (χ1v) is 43.2. The number of nitrogens with two attached hydrogens (primary N) is 4. The number of H-pyrrole nitrogens is 2. The minimum absolute atomic E-state index is 0.0154. The predicted molar refractivity (Wildman–Crippen MR) is 465 cm³/mol. The van der Waals surface area contributed by atoms with E-state index in [1.807, 2.05) is 0 Å². The van der Waals surface area contributed by atoms with E-state index in [1.54, 1.807) is 67.8 Å². The van der Waals surface area contributed by atoms with Crippen LogP contribution in [0.15, 0.2) is 85.2 Å². The van der Waals surface area contributed by atoms with E-state index in [4.69, 9.17) is 28.3 Å². The quantitative estimate of drug-likeness (QED) is 0.0164. The molecule has 8 rings (SSSR count). The third kappa shape index (κ3) is 28.0. The summed E-state index contributed by atoms with van der Waals surface area (Å²) >= 11 is 0.748. The second-order valence-corrected chi connectivity index (χ2v) is 32.8. The Morgan fingerprint density at radius 1 is 0.555 bits per heavy atom. The molecule has 3 saturated heterocycles. The topological polar surface area (TPSA) is 679 Å². The molecule has 3 aromatic carbocycles. The van der Waals surface area contributed by atoms with E-state index >= 15 is 24.0 Å². The lowest BCUT2D eigenvalue weighted by Crippen LogP contribution is -2.61. The zero-order chi connectivity index (χ0) is 93.8. The van der Waals surface area contributed by atoms with Crippen molar-refractivity contribution >= 4 is 140 Å². The number of primary amides is 2. The molecule has 26 N–H and O–H groups in total. The fourth-order valence-electron chi connectivity index (χ4n) is 15.4. The minimum atomic E-state index is -1.90. The van der Waals surface area contributed by atoms with Crippen LogP contribution in [0.3, 0.4) is 0 Å². The van der Waals surface area contributed by atoms with Gasteiger partial charge in [0, 0.05) is 113 Å². The first kappa shape index (κ1) is 100. The van der Waals surface area contributed by atoms with Crippen LogP contribution in [0.25, 0.3) is 21.8 Å². The second-order valence-electron chi connectivity index (χ2n) is 31.8. The second kappa shape index (κ2) is 48.1. The summed E-state index contributed by atoms with van der Waals surface area (Å²) in [6.45, 7) is -1.29. The number of aromatic amines is 2. The van der Waals surface area contributed by atoms with Crippen LogP contribution in [0.1, 0.15) is 101 Å². The standard InChI is InChI=1S/C83H117N23O21S/c1-6-7-19-63-75(120)99-60(35-66(85)111)82(127)105-29-13-20-64(105)76(121)100-61(41-108)74(119)96-56(26-30-107)81(126)106-39-49(110)34-65(106)77(122)97-57(32-46-36-90-52-16-10-8-14-50(46)52)73(118)95-55(25-27-84)72(117)98-59(33-47-37-91-53-17-11-9-15-51(47)53)79(124)103(4)44(2)78(123)102(3)40-68(113)93-54(18-12-28-89-83(87)88)71(116)101-62(70(115)92-38-67(86)112)42-128-43-69(114)94-58(80(125)104(63)5)31-45-21-23-48(109)24-22-45/h8-11,14-17,21-24,36-37,44,49,54-65,90-91,107-110H,6-7,12-13,18-20,25-35,38-43,84H2,1-5H3,(H2,85,111)(H2,86,112)(H,92,115)(H,93,113)(H,94,114)(H,95,118)(H,96,119)(H,97,122)(H,98,117)(H,99,120)(H,100,121)(H,101,116)(H4,87,88,89)/t44-,49+,54-,55-,56-,57-,58-,59-,60-,61-,62?,63-,64-,65?/m0/s1. The van der Waals surface area contributed by atoms with E-state index < -0.39 is 255 Å². The van der Waals surface area contributed by atoms with Crippen LogP contribution in [-0.2, 0) is 101 Å². The first-order valence-electron chi connectivity index (χ1n) is 42.0. The Labute approximate surface area is 741 Å². The lowest BCUT2D eigenvalue weighted by molar-refractivity contribution is -0.146. The van der Waals surface area contributed by atoms with Crippen molar-refractivity contribution in [2.24, 2.45) is 22.9 Å². The number of para-hydroxylation sites is 2. The van der Waals surface area contributed by atoms with Gasteiger partial charge in [0.05, 0.1) is 38.0 Å². The molecule has 696 valence electrons. The highest BCUT2D eigenvalue weighted by Gasteiger charge is 2.46. The molecule has 2 unspecified atom stereocenters. The average molecular weight is 1810 g/mol. The van der Waals surface area contributed by atoms with Gasteiger partial charge in [0.2, 0.25) is 100 Å². The number of aromatic hydroxyl groups is 1. The maximum Gasteiger partial charge on any atom is 0.246 e. The molecule has 45 heteroatoms. The number of aliphatic hydroxyl groups excluding tert-OH is 3. The monoisotopic (exact) mass is 1800 g/mol. The number of likely N-dealkylation sites (N-methyl/N-ethyl adjacent to an activating group) is 3. The molecule has 3 aliphatic heterocycles. The van der Waals surface area contributed by atoms with Crippen LogP contribution in [0.4, 0.5) is 0 Å². The number of aromatic nitrogens is 2. The van der Waals surface area contributed by atoms with Crippen molar-refractivity contribution in [2.45, 2.75) is 188 Å². The fraction of sp³-hybridized carbons (Fsp3) is 0.518. The Kier molecular flexibility index (Phi) is 37.7. The zero-order valence-corrected chi connectivity index (χ0v) is 72.6. The van der Waals surface area contributed by atoms with Crippen LogP contribution in [0.5, 0.6) is 5.75 Å². The molecule has 0 saturated carbocycles. The number of hydrogen-bond acceptors (Lipinski definition) is 24. The van der Waals surface area contributed by atoms with Gasteiger partial charge in [-0.1, -0.05) is 68.3 Å². The fourth-order valence-corrected chi connectivity index (χ4v) is 16.2. The van der Waals surface area contributed by atoms with Gasteiger partial charge in [-0.05, 0) is 99.4 Å². The zero-order valence-electron chi connectivity index (χ0n) is 71.8. The van der Waals surface area contributed by atoms with E-state index in [-0.39, 0.29) is 89.6 Å². The van der Waals surface area contributed by atoms with Crippen LogP contribution in [0.2, 0.25) is 0 Å². The molecule has 0 aliphatic carbocycles. The molecule has 0 bridgehead atoms. The number of guanidine groups is 1. The number of carbonyl (C=O) groups excluding carboxylic acids is 17. The molecule has 128 heavy (non-hydrogen) atoms. The van der Waals surface area contributed by atoms with Gasteiger partial charge in [-0.3, -0.25) is 86.9 Å². The van der Waals surface area contributed by atoms with Crippen molar-refractivity contribution in [1.29, 1.82) is 5.41 Å². The van der Waals surface area contributed by atoms with Crippen LogP contribution >= 0.6 is 11.8 Å². The number of nitrogens with one attached hydrogen (secondary N) is 14. The molecule has 2 aromatic heterocycles. The third-order valence-electron chi connectivity index (χ3n) is 22.3. The summed E-state index contributed by atoms with van der Waals surface area (Å²) in [6.07, 6.45) is -0.653. The molecule has 3 fully saturated rings. The van der Waals surface area contributed by atoms with Gasteiger partial charge in [0.25, 0.3) is 0 Å². The summed E-state index contributed by atoms with van der Waals surface area (Å²) in [6, 6.07) is -1.32. The van der Waals surface area contributed by atoms with Gasteiger partial charge in [-0.15, -0.1) is 11.8 Å². The van der Waals surface area contributed by atoms with Crippen LogP contribution in [0, 0.1) is 5.41 Å². The number of phenolic OH excluding ortho intramolecular Hbond substituents is 1. The van der Waals surface area contributed by atoms with E-state index in [1.165, 1.54) is 52.3 Å². The molecular weight excluding hydrogens is 1690 g/mol. The van der Waals surface area contributed by atoms with Gasteiger partial charge in [-0.25, -0.2) is 0 Å². The van der Waals surface area contributed by atoms with E-state index in [9.17, 15) is 78.0 Å². The van der Waals surface area contributed by atoms with Crippen molar-refractivity contribution in [3.05, 3.63) is 102 Å². The SMILES string of the molecule is CCCC[C@H]1C(=O)N[C@@H](CC(N)=O)C(=O)N2CCC[C@H]2C(=O)N[C@@H](CO)C(=O)N[C@@H](CCO)C(=O)N2C[C@H](O)CC2C(=O)N[C@@H](Cc2c[nH]c3ccccc23)C(=O)N[C@@H](CCN)C(=O)N[C@@H](Cc2c[nH]c3ccccc23)C(=O)N(C)[C@@H](C)C(=O)N(C)CC(=O)N[C@@H](CCCNC(=N)N)C(=O)NC(C(=O)NCC(N)=O)CSCC(=O)N[C@@H](Cc2ccc(O)cc2)C(=O)N1C. The number of unbranched alkanes of at least 4 members (excludes halogenated alkanes) is 1. The number of benzene rings is 3. The maximum absolute atomic E-state index is 15.2. The minimum Gasteiger partial charge on any atom is -0.508 e. The third-order valence-corrected chi connectivity index (χ3v) is 23.4. The van der Waals surface area contributed by atoms with E-state index in [2.05, 4.69) is 68.5 Å². The van der Waals surface area contributed by atoms with Gasteiger partial charge in [-0.2, -0.15) is 0 Å². The smallest absolute Gasteiger partial charge is 0.246 e. The number of rotatable bonds is 23. The Bertz CT molecular complexity index is 4840. The number of amides is 17. The van der Waals surface area contributed by atoms with Crippen LogP contribution in [-0.4, -0.2) is 331 Å². The number of fused-ring (bicyclic) bond motifs is 4. The Balaban J connectivity index is 1.15. The number of nitrogens with zero attached hydrogens (tertiary/aromatic N) is 5. The highest BCUT2D eigenvalue weighted by atomic mass is 32.2. The number of carbonyl (C=O) groups is 17. The summed E-state index contributed by atoms with van der Waals surface area (Å²) < 4.78 is 0. The molecular formula is C83H117N23O21S. The van der Waals surface area contributed by atoms with Crippen LogP contribution < -0.4 is 81.4 Å². The summed E-state index contributed by atoms with van der Waals surface area (Å²) in [5, 5.41) is 79.7. The normalized spacial score (nSPS) is 24.8. The van der Waals surface area contributed by atoms with Gasteiger partial charge in [0.15, 0.2) is 5.96 Å². The highest BCUT2D eigenvalue weighted by Crippen LogP contribution is 2.27. The highest BCUT2D eigenvalue weighted by molar-refractivity contribution is 8.00. The summed E-state index contributed by atoms with van der Waals surface area (Å²) in [5.41, 5.74) is 25.4. The largest absolute Gasteiger partial charge is 0.508 e. The van der Waals surface area contributed by atoms with Crippen molar-refractivity contribution in [2.75, 3.05) is 85.1 Å². The lowest BCUT2D eigenvalue weighted by Gasteiger charge is -2.33. The van der Waals surface area contributed by atoms with Gasteiger partial charge in [0.1, 0.15) is 84.3 Å². The number of hydrogen-bond donors (Lipinski definition) is 22. The van der Waals surface area contributed by atoms with Gasteiger partial charge < -0.3 is 136 Å². The molecule has 5 aromatic rings. The Hall–Kier alpha value is -13.0. The Morgan fingerprint density at radius 2 is 1.10 bits per heavy atom. The maximum atomic E-state index is 15.2. The summed E-state index contributed by atoms with van der Waals surface area (Å²) in [7, 11) is 3.74. The number of aliphatic hydroxyl groups is 3. The number of thioether (sulfide) groups is 1. The van der Waals surface area contributed by atoms with E-state index in [0.717, 1.165) is 36.3 Å². The lowest BCUT2D eigenvalue weighted by atomic mass is 10.0. The van der Waals surface area contributed by atoms with Crippen molar-refractivity contribution in [3.63, 3.8) is 0 Å². The molecule has 0 radical (unpaired) electrons. The first-order chi connectivity index (χ1) is 60.9. The summed E-state index contributed by atoms with van der Waals surface area (Å²) in [4.78, 5) is 256. The molecule has 17 amide bonds. The molecule has 44 nitrogen and oxygen atoms in total. The molecule has 3 aliphatic rings. The van der Waals surface area contributed by atoms with Crippen molar-refractivity contribution in [1.82, 2.24) is 93.0 Å². The van der Waals surface area contributed by atoms with Crippen molar-refractivity contribution < 1.29 is 102 Å². The predicted octanol–water partition coefficient (Wildman–Crippen LogP) is -6.77. The molecule has 14 atom stereocenters. The number of phenols is 1. The molecule has 0 spiro atoms. The average Bonchev–Trinajstić information content (AvgIpc) is 1.35. The van der Waals surface area contributed by atoms with Gasteiger partial charge >= 0.3 is 0 Å². The molecule has 5 heterocycles. The van der Waals surface area contributed by atoms with E-state index in [0.29, 0.717) is 44.9 Å². The Morgan fingerprint density at radius 3 is 1.72 bits per heavy atom.